The van der Waals surface area contributed by atoms with E-state index < -0.39 is 0 Å². The molecule has 2 N–H and O–H groups in total. The molecule has 1 saturated heterocycles. The number of halogens is 1. The summed E-state index contributed by atoms with van der Waals surface area (Å²) in [4.78, 5) is 2.38. The minimum Gasteiger partial charge on any atom is -0.384 e. The molecule has 1 unspecified atom stereocenters. The van der Waals surface area contributed by atoms with Crippen LogP contribution in [0.15, 0.2) is 18.2 Å². The summed E-state index contributed by atoms with van der Waals surface area (Å²) in [5.74, 6) is 0.637. The maximum absolute atomic E-state index is 6.28. The summed E-state index contributed by atoms with van der Waals surface area (Å²) in [5.41, 5.74) is 7.90. The van der Waals surface area contributed by atoms with E-state index in [0.717, 1.165) is 36.7 Å². The van der Waals surface area contributed by atoms with Crippen LogP contribution in [0.4, 0.5) is 5.69 Å². The van der Waals surface area contributed by atoms with Crippen molar-refractivity contribution in [2.75, 3.05) is 38.3 Å². The Balaban J connectivity index is 2.04. The number of hydrogen-bond donors (Lipinski definition) is 1. The smallest absolute Gasteiger partial charge is 0.0508 e. The minimum absolute atomic E-state index is 0.637. The Labute approximate surface area is 114 Å². The zero-order valence-corrected chi connectivity index (χ0v) is 11.6. The number of hydrogen-bond acceptors (Lipinski definition) is 3. The average molecular weight is 269 g/mol. The van der Waals surface area contributed by atoms with Gasteiger partial charge in [-0.1, -0.05) is 17.7 Å². The largest absolute Gasteiger partial charge is 0.384 e. The summed E-state index contributed by atoms with van der Waals surface area (Å²) in [6.07, 6.45) is 2.03. The monoisotopic (exact) mass is 268 g/mol. The summed E-state index contributed by atoms with van der Waals surface area (Å²) in [5, 5.41) is 0.827. The van der Waals surface area contributed by atoms with Gasteiger partial charge in [-0.3, -0.25) is 0 Å². The molecule has 1 heterocycles. The SMILES string of the molecule is COCC1CCN(c2ccc(CCN)c(Cl)c2)C1. The predicted molar refractivity (Wildman–Crippen MR) is 76.4 cm³/mol. The molecule has 18 heavy (non-hydrogen) atoms. The fourth-order valence-electron chi connectivity index (χ4n) is 2.53. The van der Waals surface area contributed by atoms with E-state index in [-0.39, 0.29) is 0 Å². The van der Waals surface area contributed by atoms with Gasteiger partial charge in [0.25, 0.3) is 0 Å². The predicted octanol–water partition coefficient (Wildman–Crippen LogP) is 2.31. The Kier molecular flexibility index (Phi) is 4.87. The van der Waals surface area contributed by atoms with Gasteiger partial charge in [-0.25, -0.2) is 0 Å². The number of methoxy groups -OCH3 is 1. The fraction of sp³-hybridized carbons (Fsp3) is 0.571. The Morgan fingerprint density at radius 2 is 2.33 bits per heavy atom. The lowest BCUT2D eigenvalue weighted by Gasteiger charge is -2.19. The Morgan fingerprint density at radius 3 is 3.00 bits per heavy atom. The summed E-state index contributed by atoms with van der Waals surface area (Å²) in [6.45, 7) is 3.62. The van der Waals surface area contributed by atoms with Gasteiger partial charge >= 0.3 is 0 Å². The van der Waals surface area contributed by atoms with Crippen LogP contribution in [0, 0.1) is 5.92 Å². The molecule has 0 spiro atoms. The van der Waals surface area contributed by atoms with E-state index in [1.54, 1.807) is 7.11 Å². The molecule has 0 aliphatic carbocycles. The molecule has 1 aliphatic rings. The summed E-state index contributed by atoms with van der Waals surface area (Å²) >= 11 is 6.28. The van der Waals surface area contributed by atoms with Crippen molar-refractivity contribution in [1.29, 1.82) is 0 Å². The molecule has 2 rings (SSSR count). The second kappa shape index (κ2) is 6.41. The molecule has 1 fully saturated rings. The summed E-state index contributed by atoms with van der Waals surface area (Å²) in [7, 11) is 1.77. The fourth-order valence-corrected chi connectivity index (χ4v) is 2.80. The van der Waals surface area contributed by atoms with Crippen molar-refractivity contribution in [3.8, 4) is 0 Å². The van der Waals surface area contributed by atoms with Gasteiger partial charge in [0, 0.05) is 36.8 Å². The Morgan fingerprint density at radius 1 is 1.50 bits per heavy atom. The molecule has 0 saturated carbocycles. The normalized spacial score (nSPS) is 19.5. The van der Waals surface area contributed by atoms with Crippen LogP contribution in [0.5, 0.6) is 0 Å². The second-order valence-corrected chi connectivity index (χ2v) is 5.28. The van der Waals surface area contributed by atoms with Crippen LogP contribution >= 0.6 is 11.6 Å². The van der Waals surface area contributed by atoms with E-state index >= 15 is 0 Å². The first-order chi connectivity index (χ1) is 8.74. The van der Waals surface area contributed by atoms with Crippen molar-refractivity contribution < 1.29 is 4.74 Å². The van der Waals surface area contributed by atoms with Crippen LogP contribution in [0.3, 0.4) is 0 Å². The van der Waals surface area contributed by atoms with Gasteiger partial charge in [0.05, 0.1) is 6.61 Å². The molecule has 0 aromatic heterocycles. The highest BCUT2D eigenvalue weighted by Gasteiger charge is 2.22. The zero-order valence-electron chi connectivity index (χ0n) is 10.9. The van der Waals surface area contributed by atoms with Crippen LogP contribution in [0.25, 0.3) is 0 Å². The van der Waals surface area contributed by atoms with E-state index in [4.69, 9.17) is 22.1 Å². The summed E-state index contributed by atoms with van der Waals surface area (Å²) < 4.78 is 5.22. The lowest BCUT2D eigenvalue weighted by atomic mass is 10.1. The third-order valence-corrected chi connectivity index (χ3v) is 3.86. The number of ether oxygens (including phenoxy) is 1. The third-order valence-electron chi connectivity index (χ3n) is 3.50. The standard InChI is InChI=1S/C14H21ClN2O/c1-18-10-11-5-7-17(9-11)13-3-2-12(4-6-16)14(15)8-13/h2-3,8,11H,4-7,9-10,16H2,1H3. The van der Waals surface area contributed by atoms with Crippen molar-refractivity contribution >= 4 is 17.3 Å². The van der Waals surface area contributed by atoms with Crippen LogP contribution in [0.2, 0.25) is 5.02 Å². The number of anilines is 1. The molecule has 1 atom stereocenters. The van der Waals surface area contributed by atoms with Crippen LogP contribution in [0.1, 0.15) is 12.0 Å². The van der Waals surface area contributed by atoms with Gasteiger partial charge in [0.1, 0.15) is 0 Å². The molecule has 0 amide bonds. The minimum atomic E-state index is 0.637. The van der Waals surface area contributed by atoms with Crippen molar-refractivity contribution in [2.24, 2.45) is 11.7 Å². The topological polar surface area (TPSA) is 38.5 Å². The van der Waals surface area contributed by atoms with Gasteiger partial charge in [-0.05, 0) is 37.1 Å². The molecule has 1 aliphatic heterocycles. The van der Waals surface area contributed by atoms with E-state index in [1.165, 1.54) is 12.1 Å². The van der Waals surface area contributed by atoms with Gasteiger partial charge in [-0.2, -0.15) is 0 Å². The van der Waals surface area contributed by atoms with Crippen LogP contribution in [-0.2, 0) is 11.2 Å². The average Bonchev–Trinajstić information content (AvgIpc) is 2.81. The van der Waals surface area contributed by atoms with Crippen molar-refractivity contribution in [3.63, 3.8) is 0 Å². The molecule has 100 valence electrons. The Hall–Kier alpha value is -0.770. The molecule has 1 aromatic carbocycles. The second-order valence-electron chi connectivity index (χ2n) is 4.87. The Bertz CT molecular complexity index is 397. The molecular weight excluding hydrogens is 248 g/mol. The number of nitrogens with two attached hydrogens (primary N) is 1. The molecule has 0 radical (unpaired) electrons. The van der Waals surface area contributed by atoms with Gasteiger partial charge in [-0.15, -0.1) is 0 Å². The van der Waals surface area contributed by atoms with E-state index in [1.807, 2.05) is 0 Å². The van der Waals surface area contributed by atoms with Crippen LogP contribution < -0.4 is 10.6 Å². The first kappa shape index (κ1) is 13.7. The molecule has 0 bridgehead atoms. The summed E-state index contributed by atoms with van der Waals surface area (Å²) in [6, 6.07) is 6.29. The lowest BCUT2D eigenvalue weighted by Crippen LogP contribution is -2.21. The highest BCUT2D eigenvalue weighted by atomic mass is 35.5. The number of nitrogens with zero attached hydrogens (tertiary/aromatic N) is 1. The van der Waals surface area contributed by atoms with Crippen LogP contribution in [-0.4, -0.2) is 33.4 Å². The third kappa shape index (κ3) is 3.16. The van der Waals surface area contributed by atoms with Gasteiger partial charge < -0.3 is 15.4 Å². The van der Waals surface area contributed by atoms with E-state index in [9.17, 15) is 0 Å². The molecule has 4 heteroatoms. The van der Waals surface area contributed by atoms with Crippen molar-refractivity contribution in [3.05, 3.63) is 28.8 Å². The highest BCUT2D eigenvalue weighted by molar-refractivity contribution is 6.31. The molecule has 3 nitrogen and oxygen atoms in total. The van der Waals surface area contributed by atoms with E-state index in [0.29, 0.717) is 12.5 Å². The number of rotatable bonds is 5. The van der Waals surface area contributed by atoms with Crippen molar-refractivity contribution in [2.45, 2.75) is 12.8 Å². The van der Waals surface area contributed by atoms with Gasteiger partial charge in [0.2, 0.25) is 0 Å². The maximum atomic E-state index is 6.28. The maximum Gasteiger partial charge on any atom is 0.0508 e. The lowest BCUT2D eigenvalue weighted by molar-refractivity contribution is 0.161. The zero-order chi connectivity index (χ0) is 13.0. The quantitative estimate of drug-likeness (QED) is 0.891. The van der Waals surface area contributed by atoms with Gasteiger partial charge in [0.15, 0.2) is 0 Å². The number of benzene rings is 1. The first-order valence-corrected chi connectivity index (χ1v) is 6.84. The molecular formula is C14H21ClN2O. The highest BCUT2D eigenvalue weighted by Crippen LogP contribution is 2.28. The van der Waals surface area contributed by atoms with Crippen molar-refractivity contribution in [1.82, 2.24) is 0 Å². The molecule has 1 aromatic rings. The van der Waals surface area contributed by atoms with E-state index in [2.05, 4.69) is 23.1 Å². The first-order valence-electron chi connectivity index (χ1n) is 6.47.